The number of carbonyl (C=O) groups excluding carboxylic acids is 1. The summed E-state index contributed by atoms with van der Waals surface area (Å²) in [6, 6.07) is 9.73. The minimum absolute atomic E-state index is 0.218. The zero-order chi connectivity index (χ0) is 18.1. The van der Waals surface area contributed by atoms with Crippen molar-refractivity contribution in [2.75, 3.05) is 5.32 Å². The van der Waals surface area contributed by atoms with E-state index in [1.807, 2.05) is 37.3 Å². The first-order chi connectivity index (χ1) is 12.7. The number of anilines is 1. The Bertz CT molecular complexity index is 1150. The molecule has 0 aliphatic carbocycles. The smallest absolute Gasteiger partial charge is 0.325 e. The minimum atomic E-state index is -0.273. The fraction of sp³-hybridized carbons (Fsp3) is 0.222. The van der Waals surface area contributed by atoms with E-state index in [0.717, 1.165) is 34.9 Å². The number of pyridine rings is 1. The number of carbonyl (C=O) groups is 1. The summed E-state index contributed by atoms with van der Waals surface area (Å²) in [6.07, 6.45) is 1.61. The molecule has 8 nitrogen and oxygen atoms in total. The number of aromatic amines is 2. The van der Waals surface area contributed by atoms with Gasteiger partial charge in [0.25, 0.3) is 0 Å². The van der Waals surface area contributed by atoms with Crippen molar-refractivity contribution in [3.05, 3.63) is 52.1 Å². The number of nitrogens with one attached hydrogen (secondary N) is 3. The number of rotatable bonds is 6. The average Bonchev–Trinajstić information content (AvgIpc) is 3.18. The van der Waals surface area contributed by atoms with Crippen LogP contribution in [-0.2, 0) is 24.3 Å². The van der Waals surface area contributed by atoms with Crippen LogP contribution in [0, 0.1) is 0 Å². The summed E-state index contributed by atoms with van der Waals surface area (Å²) in [5.74, 6) is 0.712. The quantitative estimate of drug-likeness (QED) is 0.461. The van der Waals surface area contributed by atoms with Gasteiger partial charge in [0, 0.05) is 5.39 Å². The van der Waals surface area contributed by atoms with Gasteiger partial charge in [-0.1, -0.05) is 25.1 Å². The second kappa shape index (κ2) is 6.47. The van der Waals surface area contributed by atoms with Crippen molar-refractivity contribution in [3.63, 3.8) is 0 Å². The van der Waals surface area contributed by atoms with Crippen LogP contribution in [0.15, 0.2) is 35.1 Å². The molecule has 0 amide bonds. The van der Waals surface area contributed by atoms with Gasteiger partial charge in [0.1, 0.15) is 12.1 Å². The lowest BCUT2D eigenvalue weighted by atomic mass is 10.2. The van der Waals surface area contributed by atoms with E-state index in [4.69, 9.17) is 0 Å². The number of hydrogen-bond acceptors (Lipinski definition) is 5. The predicted molar refractivity (Wildman–Crippen MR) is 99.2 cm³/mol. The van der Waals surface area contributed by atoms with Crippen molar-refractivity contribution < 1.29 is 4.79 Å². The summed E-state index contributed by atoms with van der Waals surface area (Å²) in [5.41, 5.74) is 3.71. The fourth-order valence-corrected chi connectivity index (χ4v) is 3.13. The molecule has 0 radical (unpaired) electrons. The molecular formula is C18H18N6O2. The van der Waals surface area contributed by atoms with Gasteiger partial charge < -0.3 is 15.1 Å². The number of aromatic nitrogens is 5. The van der Waals surface area contributed by atoms with Gasteiger partial charge in [0.05, 0.1) is 29.8 Å². The first-order valence-corrected chi connectivity index (χ1v) is 8.43. The molecule has 4 aromatic rings. The third kappa shape index (κ3) is 2.75. The molecule has 1 aromatic carbocycles. The molecule has 132 valence electrons. The van der Waals surface area contributed by atoms with Crippen molar-refractivity contribution in [2.24, 2.45) is 0 Å². The third-order valence-electron chi connectivity index (χ3n) is 4.37. The lowest BCUT2D eigenvalue weighted by molar-refractivity contribution is -0.108. The molecule has 0 unspecified atom stereocenters. The Hall–Kier alpha value is -3.42. The molecule has 0 saturated heterocycles. The molecule has 3 N–H and O–H groups in total. The Labute approximate surface area is 148 Å². The Balaban J connectivity index is 1.69. The van der Waals surface area contributed by atoms with E-state index in [-0.39, 0.29) is 12.2 Å². The maximum Gasteiger partial charge on any atom is 0.325 e. The second-order valence-corrected chi connectivity index (χ2v) is 5.99. The van der Waals surface area contributed by atoms with Gasteiger partial charge >= 0.3 is 5.69 Å². The Kier molecular flexibility index (Phi) is 4.00. The molecule has 4 rings (SSSR count). The van der Waals surface area contributed by atoms with E-state index in [0.29, 0.717) is 23.5 Å². The zero-order valence-corrected chi connectivity index (χ0v) is 14.2. The van der Waals surface area contributed by atoms with Gasteiger partial charge in [0.2, 0.25) is 0 Å². The van der Waals surface area contributed by atoms with E-state index >= 15 is 0 Å². The molecule has 8 heteroatoms. The minimum Gasteiger partial charge on any atom is -0.364 e. The monoisotopic (exact) mass is 350 g/mol. The van der Waals surface area contributed by atoms with E-state index in [1.165, 1.54) is 0 Å². The van der Waals surface area contributed by atoms with Gasteiger partial charge in [-0.3, -0.25) is 9.67 Å². The average molecular weight is 350 g/mol. The third-order valence-corrected chi connectivity index (χ3v) is 4.37. The highest BCUT2D eigenvalue weighted by Gasteiger charge is 2.12. The SMILES string of the molecule is CCc1cc2[nH]c(=O)[nH]c2nc1NCc1nn(CC=O)c2ccccc12. The lowest BCUT2D eigenvalue weighted by Gasteiger charge is -2.09. The normalized spacial score (nSPS) is 11.3. The van der Waals surface area contributed by atoms with Crippen molar-refractivity contribution in [2.45, 2.75) is 26.4 Å². The first kappa shape index (κ1) is 16.1. The van der Waals surface area contributed by atoms with Gasteiger partial charge in [-0.15, -0.1) is 0 Å². The summed E-state index contributed by atoms with van der Waals surface area (Å²) in [7, 11) is 0. The van der Waals surface area contributed by atoms with Crippen molar-refractivity contribution in [3.8, 4) is 0 Å². The number of fused-ring (bicyclic) bond motifs is 2. The lowest BCUT2D eigenvalue weighted by Crippen LogP contribution is -2.07. The van der Waals surface area contributed by atoms with Gasteiger partial charge in [-0.25, -0.2) is 9.78 Å². The summed E-state index contributed by atoms with van der Waals surface area (Å²) >= 11 is 0. The van der Waals surface area contributed by atoms with Crippen LogP contribution >= 0.6 is 0 Å². The highest BCUT2D eigenvalue weighted by atomic mass is 16.1. The summed E-state index contributed by atoms with van der Waals surface area (Å²) < 4.78 is 1.69. The number of para-hydroxylation sites is 1. The van der Waals surface area contributed by atoms with Crippen LogP contribution in [0.5, 0.6) is 0 Å². The number of nitrogens with zero attached hydrogens (tertiary/aromatic N) is 3. The van der Waals surface area contributed by atoms with Crippen LogP contribution in [0.1, 0.15) is 18.2 Å². The molecular weight excluding hydrogens is 332 g/mol. The van der Waals surface area contributed by atoms with Gasteiger partial charge in [0.15, 0.2) is 5.65 Å². The number of aldehydes is 1. The number of aryl methyl sites for hydroxylation is 1. The van der Waals surface area contributed by atoms with E-state index < -0.39 is 0 Å². The highest BCUT2D eigenvalue weighted by Crippen LogP contribution is 2.22. The Morgan fingerprint density at radius 1 is 1.27 bits per heavy atom. The standard InChI is InChI=1S/C18H18N6O2/c1-2-11-9-13-17(22-18(26)20-13)21-16(11)19-10-14-12-5-3-4-6-15(12)24(23-14)7-8-25/h3-6,8-9H,2,7,10H2,1H3,(H3,19,20,21,22,26). The number of hydrogen-bond donors (Lipinski definition) is 3. The summed E-state index contributed by atoms with van der Waals surface area (Å²) in [4.78, 5) is 32.3. The van der Waals surface area contributed by atoms with Crippen LogP contribution in [0.3, 0.4) is 0 Å². The van der Waals surface area contributed by atoms with Gasteiger partial charge in [-0.05, 0) is 24.1 Å². The van der Waals surface area contributed by atoms with Crippen LogP contribution in [0.4, 0.5) is 5.82 Å². The van der Waals surface area contributed by atoms with Crippen molar-refractivity contribution in [1.29, 1.82) is 0 Å². The Morgan fingerprint density at radius 3 is 2.92 bits per heavy atom. The molecule has 0 aliphatic rings. The molecule has 3 heterocycles. The fourth-order valence-electron chi connectivity index (χ4n) is 3.13. The predicted octanol–water partition coefficient (Wildman–Crippen LogP) is 1.97. The topological polar surface area (TPSA) is 108 Å². The number of benzene rings is 1. The van der Waals surface area contributed by atoms with E-state index in [1.54, 1.807) is 4.68 Å². The van der Waals surface area contributed by atoms with Crippen molar-refractivity contribution in [1.82, 2.24) is 24.7 Å². The second-order valence-electron chi connectivity index (χ2n) is 5.99. The van der Waals surface area contributed by atoms with E-state index in [9.17, 15) is 9.59 Å². The molecule has 3 aromatic heterocycles. The highest BCUT2D eigenvalue weighted by molar-refractivity contribution is 5.83. The Morgan fingerprint density at radius 2 is 2.12 bits per heavy atom. The molecule has 0 aliphatic heterocycles. The van der Waals surface area contributed by atoms with Crippen LogP contribution in [0.2, 0.25) is 0 Å². The largest absolute Gasteiger partial charge is 0.364 e. The molecule has 0 bridgehead atoms. The van der Waals surface area contributed by atoms with Gasteiger partial charge in [-0.2, -0.15) is 5.10 Å². The van der Waals surface area contributed by atoms with Crippen LogP contribution < -0.4 is 11.0 Å². The molecule has 0 spiro atoms. The van der Waals surface area contributed by atoms with Crippen LogP contribution in [-0.4, -0.2) is 31.0 Å². The zero-order valence-electron chi connectivity index (χ0n) is 14.2. The number of imidazole rings is 1. The first-order valence-electron chi connectivity index (χ1n) is 8.43. The molecule has 26 heavy (non-hydrogen) atoms. The molecule has 0 saturated carbocycles. The summed E-state index contributed by atoms with van der Waals surface area (Å²) in [5, 5.41) is 8.86. The summed E-state index contributed by atoms with van der Waals surface area (Å²) in [6.45, 7) is 2.72. The molecule has 0 atom stereocenters. The van der Waals surface area contributed by atoms with Crippen LogP contribution in [0.25, 0.3) is 22.1 Å². The van der Waals surface area contributed by atoms with Crippen molar-refractivity contribution >= 4 is 34.2 Å². The maximum absolute atomic E-state index is 11.5. The number of H-pyrrole nitrogens is 2. The molecule has 0 fully saturated rings. The maximum atomic E-state index is 11.5. The van der Waals surface area contributed by atoms with E-state index in [2.05, 4.69) is 25.4 Å².